The first-order valence-electron chi connectivity index (χ1n) is 6.91. The second kappa shape index (κ2) is 6.61. The topological polar surface area (TPSA) is 15.3 Å². The molecule has 2 heteroatoms. The average Bonchev–Trinajstić information content (AvgIpc) is 2.17. The van der Waals surface area contributed by atoms with Crippen LogP contribution in [0.5, 0.6) is 0 Å². The first-order valence-corrected chi connectivity index (χ1v) is 6.91. The van der Waals surface area contributed by atoms with Crippen LogP contribution in [0, 0.1) is 5.92 Å². The van der Waals surface area contributed by atoms with Crippen molar-refractivity contribution in [2.75, 3.05) is 26.7 Å². The minimum atomic E-state index is 0.256. The largest absolute Gasteiger partial charge is 0.311 e. The van der Waals surface area contributed by atoms with Crippen molar-refractivity contribution in [2.45, 2.75) is 58.4 Å². The van der Waals surface area contributed by atoms with Crippen LogP contribution in [0.15, 0.2) is 0 Å². The Kier molecular flexibility index (Phi) is 5.77. The second-order valence-electron chi connectivity index (χ2n) is 6.44. The summed E-state index contributed by atoms with van der Waals surface area (Å²) in [6.07, 6.45) is 7.29. The maximum atomic E-state index is 3.55. The van der Waals surface area contributed by atoms with E-state index in [1.807, 2.05) is 0 Å². The molecular weight excluding hydrogens is 196 g/mol. The molecule has 0 spiro atoms. The van der Waals surface area contributed by atoms with E-state index in [-0.39, 0.29) is 5.54 Å². The van der Waals surface area contributed by atoms with Crippen molar-refractivity contribution >= 4 is 0 Å². The first-order chi connectivity index (χ1) is 7.47. The van der Waals surface area contributed by atoms with Crippen LogP contribution < -0.4 is 5.32 Å². The van der Waals surface area contributed by atoms with Gasteiger partial charge in [0.1, 0.15) is 0 Å². The minimum Gasteiger partial charge on any atom is -0.311 e. The summed E-state index contributed by atoms with van der Waals surface area (Å²) in [6, 6.07) is 0. The fourth-order valence-corrected chi connectivity index (χ4v) is 2.52. The molecule has 0 bridgehead atoms. The number of hydrogen-bond acceptors (Lipinski definition) is 2. The Hall–Kier alpha value is -0.0800. The summed E-state index contributed by atoms with van der Waals surface area (Å²) >= 11 is 0. The highest BCUT2D eigenvalue weighted by Crippen LogP contribution is 2.23. The SMILES string of the molecule is CN(CCNC(C)(C)C)CC1CCCCC1. The summed E-state index contributed by atoms with van der Waals surface area (Å²) < 4.78 is 0. The van der Waals surface area contributed by atoms with E-state index in [4.69, 9.17) is 0 Å². The summed E-state index contributed by atoms with van der Waals surface area (Å²) in [5.74, 6) is 0.966. The zero-order valence-electron chi connectivity index (χ0n) is 11.7. The fourth-order valence-electron chi connectivity index (χ4n) is 2.52. The van der Waals surface area contributed by atoms with Gasteiger partial charge in [0.25, 0.3) is 0 Å². The van der Waals surface area contributed by atoms with Gasteiger partial charge in [-0.05, 0) is 46.6 Å². The Morgan fingerprint density at radius 3 is 2.31 bits per heavy atom. The quantitative estimate of drug-likeness (QED) is 0.775. The lowest BCUT2D eigenvalue weighted by Crippen LogP contribution is -2.41. The smallest absolute Gasteiger partial charge is 0.0104 e. The number of hydrogen-bond donors (Lipinski definition) is 1. The van der Waals surface area contributed by atoms with E-state index in [0.29, 0.717) is 0 Å². The van der Waals surface area contributed by atoms with Gasteiger partial charge in [-0.3, -0.25) is 0 Å². The third kappa shape index (κ3) is 6.49. The molecular formula is C14H30N2. The Morgan fingerprint density at radius 1 is 1.12 bits per heavy atom. The predicted octanol–water partition coefficient (Wildman–Crippen LogP) is 2.89. The van der Waals surface area contributed by atoms with Gasteiger partial charge in [-0.25, -0.2) is 0 Å². The molecule has 2 nitrogen and oxygen atoms in total. The fraction of sp³-hybridized carbons (Fsp3) is 1.00. The molecule has 1 fully saturated rings. The molecule has 0 aliphatic heterocycles. The minimum absolute atomic E-state index is 0.256. The molecule has 1 N–H and O–H groups in total. The maximum Gasteiger partial charge on any atom is 0.0104 e. The molecule has 0 aromatic heterocycles. The van der Waals surface area contributed by atoms with Gasteiger partial charge in [0.2, 0.25) is 0 Å². The Bertz CT molecular complexity index is 178. The van der Waals surface area contributed by atoms with Crippen LogP contribution in [-0.2, 0) is 0 Å². The molecule has 0 amide bonds. The molecule has 0 atom stereocenters. The Labute approximate surface area is 102 Å². The summed E-state index contributed by atoms with van der Waals surface area (Å²) in [6.45, 7) is 10.3. The van der Waals surface area contributed by atoms with Crippen molar-refractivity contribution in [3.63, 3.8) is 0 Å². The summed E-state index contributed by atoms with van der Waals surface area (Å²) in [5, 5.41) is 3.55. The molecule has 1 saturated carbocycles. The highest BCUT2D eigenvalue weighted by molar-refractivity contribution is 4.72. The normalized spacial score (nSPS) is 19.3. The number of likely N-dealkylation sites (N-methyl/N-ethyl adjacent to an activating group) is 1. The Balaban J connectivity index is 2.08. The van der Waals surface area contributed by atoms with Crippen molar-refractivity contribution in [1.29, 1.82) is 0 Å². The van der Waals surface area contributed by atoms with E-state index in [1.54, 1.807) is 0 Å². The van der Waals surface area contributed by atoms with Gasteiger partial charge in [0.05, 0.1) is 0 Å². The van der Waals surface area contributed by atoms with Gasteiger partial charge in [0.15, 0.2) is 0 Å². The van der Waals surface area contributed by atoms with Gasteiger partial charge in [-0.15, -0.1) is 0 Å². The van der Waals surface area contributed by atoms with Crippen LogP contribution >= 0.6 is 0 Å². The summed E-state index contributed by atoms with van der Waals surface area (Å²) in [5.41, 5.74) is 0.256. The van der Waals surface area contributed by atoms with E-state index in [2.05, 4.69) is 38.0 Å². The molecule has 0 aromatic carbocycles. The number of nitrogens with one attached hydrogen (secondary N) is 1. The molecule has 1 aliphatic carbocycles. The van der Waals surface area contributed by atoms with Gasteiger partial charge in [-0.2, -0.15) is 0 Å². The van der Waals surface area contributed by atoms with E-state index < -0.39 is 0 Å². The van der Waals surface area contributed by atoms with E-state index in [1.165, 1.54) is 45.2 Å². The van der Waals surface area contributed by atoms with Crippen molar-refractivity contribution < 1.29 is 0 Å². The van der Waals surface area contributed by atoms with Crippen molar-refractivity contribution in [1.82, 2.24) is 10.2 Å². The lowest BCUT2D eigenvalue weighted by molar-refractivity contribution is 0.228. The monoisotopic (exact) mass is 226 g/mol. The molecule has 0 aromatic rings. The zero-order chi connectivity index (χ0) is 12.0. The van der Waals surface area contributed by atoms with Crippen molar-refractivity contribution in [2.24, 2.45) is 5.92 Å². The molecule has 0 unspecified atom stereocenters. The molecule has 96 valence electrons. The first kappa shape index (κ1) is 14.0. The van der Waals surface area contributed by atoms with Crippen LogP contribution in [0.1, 0.15) is 52.9 Å². The molecule has 1 rings (SSSR count). The molecule has 0 saturated heterocycles. The van der Waals surface area contributed by atoms with E-state index in [0.717, 1.165) is 12.5 Å². The maximum absolute atomic E-state index is 3.55. The second-order valence-corrected chi connectivity index (χ2v) is 6.44. The molecule has 0 radical (unpaired) electrons. The highest BCUT2D eigenvalue weighted by atomic mass is 15.1. The Morgan fingerprint density at radius 2 is 1.75 bits per heavy atom. The lowest BCUT2D eigenvalue weighted by atomic mass is 9.89. The molecule has 1 aliphatic rings. The number of rotatable bonds is 5. The van der Waals surface area contributed by atoms with Gasteiger partial charge >= 0.3 is 0 Å². The van der Waals surface area contributed by atoms with Gasteiger partial charge in [-0.1, -0.05) is 19.3 Å². The third-order valence-corrected chi connectivity index (χ3v) is 3.44. The van der Waals surface area contributed by atoms with Gasteiger partial charge < -0.3 is 10.2 Å². The number of nitrogens with zero attached hydrogens (tertiary/aromatic N) is 1. The van der Waals surface area contributed by atoms with Crippen LogP contribution in [0.2, 0.25) is 0 Å². The van der Waals surface area contributed by atoms with Gasteiger partial charge in [0, 0.05) is 25.2 Å². The molecule has 0 heterocycles. The van der Waals surface area contributed by atoms with Crippen molar-refractivity contribution in [3.05, 3.63) is 0 Å². The zero-order valence-corrected chi connectivity index (χ0v) is 11.7. The van der Waals surface area contributed by atoms with E-state index >= 15 is 0 Å². The standard InChI is InChI=1S/C14H30N2/c1-14(2,3)15-10-11-16(4)12-13-8-6-5-7-9-13/h13,15H,5-12H2,1-4H3. The van der Waals surface area contributed by atoms with Crippen molar-refractivity contribution in [3.8, 4) is 0 Å². The molecule has 16 heavy (non-hydrogen) atoms. The van der Waals surface area contributed by atoms with Crippen LogP contribution in [-0.4, -0.2) is 37.1 Å². The average molecular weight is 226 g/mol. The van der Waals surface area contributed by atoms with Crippen LogP contribution in [0.3, 0.4) is 0 Å². The van der Waals surface area contributed by atoms with Crippen LogP contribution in [0.4, 0.5) is 0 Å². The highest BCUT2D eigenvalue weighted by Gasteiger charge is 2.15. The van der Waals surface area contributed by atoms with Crippen LogP contribution in [0.25, 0.3) is 0 Å². The lowest BCUT2D eigenvalue weighted by Gasteiger charge is -2.28. The van der Waals surface area contributed by atoms with E-state index in [9.17, 15) is 0 Å². The summed E-state index contributed by atoms with van der Waals surface area (Å²) in [4.78, 5) is 2.49. The summed E-state index contributed by atoms with van der Waals surface area (Å²) in [7, 11) is 2.26. The third-order valence-electron chi connectivity index (χ3n) is 3.44. The predicted molar refractivity (Wildman–Crippen MR) is 71.8 cm³/mol.